The lowest BCUT2D eigenvalue weighted by Crippen LogP contribution is -2.53. The molecule has 1 unspecified atom stereocenters. The fourth-order valence-corrected chi connectivity index (χ4v) is 1.52. The van der Waals surface area contributed by atoms with Gasteiger partial charge in [-0.25, -0.2) is 9.59 Å². The molecule has 0 aliphatic heterocycles. The lowest BCUT2D eigenvalue weighted by atomic mass is 10.00. The summed E-state index contributed by atoms with van der Waals surface area (Å²) in [5, 5.41) is 14.1. The van der Waals surface area contributed by atoms with Gasteiger partial charge < -0.3 is 15.7 Å². The highest BCUT2D eigenvalue weighted by atomic mass is 16.4. The van der Waals surface area contributed by atoms with E-state index in [-0.39, 0.29) is 0 Å². The van der Waals surface area contributed by atoms with Crippen molar-refractivity contribution in [1.82, 2.24) is 10.3 Å². The number of hydrogen-bond donors (Lipinski definition) is 3. The average molecular weight is 265 g/mol. The molecular formula is C13H19N3O3. The third-order valence-electron chi connectivity index (χ3n) is 3.04. The molecule has 1 heterocycles. The number of aromatic nitrogens is 1. The number of nitrogens with zero attached hydrogens (tertiary/aromatic N) is 1. The fraction of sp³-hybridized carbons (Fsp3) is 0.462. The predicted octanol–water partition coefficient (Wildman–Crippen LogP) is 2.07. The third-order valence-corrected chi connectivity index (χ3v) is 3.04. The van der Waals surface area contributed by atoms with E-state index in [9.17, 15) is 9.59 Å². The Labute approximate surface area is 112 Å². The normalized spacial score (nSPS) is 13.5. The molecule has 6 nitrogen and oxygen atoms in total. The number of amides is 2. The molecular weight excluding hydrogens is 246 g/mol. The summed E-state index contributed by atoms with van der Waals surface area (Å²) in [7, 11) is 0. The highest BCUT2D eigenvalue weighted by Crippen LogP contribution is 2.14. The summed E-state index contributed by atoms with van der Waals surface area (Å²) in [4.78, 5) is 27.1. The summed E-state index contributed by atoms with van der Waals surface area (Å²) in [6.07, 6.45) is 0.293. The Morgan fingerprint density at radius 2 is 2.00 bits per heavy atom. The standard InChI is InChI=1S/C13H19N3O3/c1-5-13(4,11(17)18)16-12(19)15-10-7-6-8(2)14-9(10)3/h6-7H,5H2,1-4H3,(H,17,18)(H2,15,16,19). The van der Waals surface area contributed by atoms with E-state index in [2.05, 4.69) is 15.6 Å². The van der Waals surface area contributed by atoms with Crippen LogP contribution in [0.5, 0.6) is 0 Å². The number of carboxylic acid groups (broad SMARTS) is 1. The van der Waals surface area contributed by atoms with E-state index in [0.29, 0.717) is 17.8 Å². The Hall–Kier alpha value is -2.11. The Kier molecular flexibility index (Phi) is 4.47. The van der Waals surface area contributed by atoms with Crippen molar-refractivity contribution in [3.63, 3.8) is 0 Å². The fourth-order valence-electron chi connectivity index (χ4n) is 1.52. The summed E-state index contributed by atoms with van der Waals surface area (Å²) >= 11 is 0. The molecule has 3 N–H and O–H groups in total. The summed E-state index contributed by atoms with van der Waals surface area (Å²) in [5.41, 5.74) is 0.818. The molecule has 0 saturated carbocycles. The Morgan fingerprint density at radius 1 is 1.37 bits per heavy atom. The highest BCUT2D eigenvalue weighted by molar-refractivity contribution is 5.94. The van der Waals surface area contributed by atoms with Gasteiger partial charge in [-0.05, 0) is 39.3 Å². The number of pyridine rings is 1. The summed E-state index contributed by atoms with van der Waals surface area (Å²) in [6, 6.07) is 2.96. The van der Waals surface area contributed by atoms with Gasteiger partial charge in [0.25, 0.3) is 0 Å². The second-order valence-corrected chi connectivity index (χ2v) is 4.66. The van der Waals surface area contributed by atoms with Crippen molar-refractivity contribution in [2.75, 3.05) is 5.32 Å². The van der Waals surface area contributed by atoms with Gasteiger partial charge in [0.05, 0.1) is 11.4 Å². The molecule has 1 aromatic rings. The molecule has 0 bridgehead atoms. The van der Waals surface area contributed by atoms with Crippen LogP contribution >= 0.6 is 0 Å². The number of hydrogen-bond acceptors (Lipinski definition) is 3. The molecule has 0 spiro atoms. The van der Waals surface area contributed by atoms with Crippen LogP contribution in [0.15, 0.2) is 12.1 Å². The first-order valence-electron chi connectivity index (χ1n) is 6.05. The van der Waals surface area contributed by atoms with E-state index in [1.165, 1.54) is 6.92 Å². The van der Waals surface area contributed by atoms with Gasteiger partial charge in [0.1, 0.15) is 5.54 Å². The molecule has 0 fully saturated rings. The highest BCUT2D eigenvalue weighted by Gasteiger charge is 2.32. The molecule has 0 aliphatic rings. The second-order valence-electron chi connectivity index (χ2n) is 4.66. The third kappa shape index (κ3) is 3.67. The number of aliphatic carboxylic acids is 1. The van der Waals surface area contributed by atoms with Gasteiger partial charge in [0.2, 0.25) is 0 Å². The van der Waals surface area contributed by atoms with Gasteiger partial charge in [-0.15, -0.1) is 0 Å². The molecule has 1 atom stereocenters. The van der Waals surface area contributed by atoms with Crippen LogP contribution in [0.4, 0.5) is 10.5 Å². The molecule has 6 heteroatoms. The zero-order valence-electron chi connectivity index (χ0n) is 11.6. The first-order valence-corrected chi connectivity index (χ1v) is 6.05. The maximum absolute atomic E-state index is 11.8. The van der Waals surface area contributed by atoms with E-state index < -0.39 is 17.5 Å². The number of urea groups is 1. The maximum Gasteiger partial charge on any atom is 0.329 e. The quantitative estimate of drug-likeness (QED) is 0.777. The van der Waals surface area contributed by atoms with Gasteiger partial charge in [-0.2, -0.15) is 0 Å². The molecule has 1 aromatic heterocycles. The molecule has 0 saturated heterocycles. The van der Waals surface area contributed by atoms with Crippen LogP contribution in [0.3, 0.4) is 0 Å². The van der Waals surface area contributed by atoms with Crippen LogP contribution < -0.4 is 10.6 Å². The number of carbonyl (C=O) groups is 2. The number of carboxylic acids is 1. The number of rotatable bonds is 4. The molecule has 104 valence electrons. The van der Waals surface area contributed by atoms with Crippen molar-refractivity contribution < 1.29 is 14.7 Å². The predicted molar refractivity (Wildman–Crippen MR) is 72.2 cm³/mol. The van der Waals surface area contributed by atoms with Crippen molar-refractivity contribution in [2.45, 2.75) is 39.7 Å². The smallest absolute Gasteiger partial charge is 0.329 e. The topological polar surface area (TPSA) is 91.3 Å². The Balaban J connectivity index is 2.78. The van der Waals surface area contributed by atoms with Crippen LogP contribution in [0.25, 0.3) is 0 Å². The van der Waals surface area contributed by atoms with Crippen molar-refractivity contribution in [3.05, 3.63) is 23.5 Å². The summed E-state index contributed by atoms with van der Waals surface area (Å²) < 4.78 is 0. The van der Waals surface area contributed by atoms with E-state index in [1.54, 1.807) is 26.0 Å². The Morgan fingerprint density at radius 3 is 2.47 bits per heavy atom. The van der Waals surface area contributed by atoms with E-state index in [0.717, 1.165) is 5.69 Å². The molecule has 2 amide bonds. The first-order chi connectivity index (χ1) is 8.78. The van der Waals surface area contributed by atoms with Gasteiger partial charge >= 0.3 is 12.0 Å². The maximum atomic E-state index is 11.8. The van der Waals surface area contributed by atoms with E-state index in [1.807, 2.05) is 6.92 Å². The van der Waals surface area contributed by atoms with Crippen LogP contribution in [-0.2, 0) is 4.79 Å². The largest absolute Gasteiger partial charge is 0.480 e. The van der Waals surface area contributed by atoms with Crippen molar-refractivity contribution in [1.29, 1.82) is 0 Å². The number of anilines is 1. The minimum Gasteiger partial charge on any atom is -0.480 e. The van der Waals surface area contributed by atoms with Crippen LogP contribution in [0.2, 0.25) is 0 Å². The molecule has 19 heavy (non-hydrogen) atoms. The van der Waals surface area contributed by atoms with Gasteiger partial charge in [0.15, 0.2) is 0 Å². The number of aryl methyl sites for hydroxylation is 2. The Bertz CT molecular complexity index is 502. The molecule has 1 rings (SSSR count). The minimum atomic E-state index is -1.28. The molecule has 0 radical (unpaired) electrons. The lowest BCUT2D eigenvalue weighted by molar-refractivity contribution is -0.143. The molecule has 0 aliphatic carbocycles. The van der Waals surface area contributed by atoms with Crippen LogP contribution in [0, 0.1) is 13.8 Å². The zero-order valence-corrected chi connectivity index (χ0v) is 11.6. The van der Waals surface area contributed by atoms with Crippen LogP contribution in [-0.4, -0.2) is 27.6 Å². The summed E-state index contributed by atoms with van der Waals surface area (Å²) in [5.74, 6) is -1.07. The second kappa shape index (κ2) is 5.69. The SMILES string of the molecule is CCC(C)(NC(=O)Nc1ccc(C)nc1C)C(=O)O. The first kappa shape index (κ1) is 14.9. The van der Waals surface area contributed by atoms with Crippen molar-refractivity contribution >= 4 is 17.7 Å². The van der Waals surface area contributed by atoms with Crippen molar-refractivity contribution in [2.24, 2.45) is 0 Å². The summed E-state index contributed by atoms with van der Waals surface area (Å²) in [6.45, 7) is 6.80. The van der Waals surface area contributed by atoms with Gasteiger partial charge in [-0.1, -0.05) is 6.92 Å². The van der Waals surface area contributed by atoms with Gasteiger partial charge in [0, 0.05) is 5.69 Å². The van der Waals surface area contributed by atoms with Crippen molar-refractivity contribution in [3.8, 4) is 0 Å². The monoisotopic (exact) mass is 265 g/mol. The average Bonchev–Trinajstić information content (AvgIpc) is 2.32. The number of nitrogens with one attached hydrogen (secondary N) is 2. The van der Waals surface area contributed by atoms with E-state index >= 15 is 0 Å². The molecule has 0 aromatic carbocycles. The van der Waals surface area contributed by atoms with Gasteiger partial charge in [-0.3, -0.25) is 4.98 Å². The lowest BCUT2D eigenvalue weighted by Gasteiger charge is -2.24. The van der Waals surface area contributed by atoms with E-state index in [4.69, 9.17) is 5.11 Å². The van der Waals surface area contributed by atoms with Crippen LogP contribution in [0.1, 0.15) is 31.7 Å². The number of carbonyl (C=O) groups excluding carboxylic acids is 1. The zero-order chi connectivity index (χ0) is 14.6. The minimum absolute atomic E-state index is 0.293.